The van der Waals surface area contributed by atoms with Crippen LogP contribution in [0.2, 0.25) is 0 Å². The number of halogens is 1. The first-order valence-electron chi connectivity index (χ1n) is 7.52. The van der Waals surface area contributed by atoms with Crippen LogP contribution >= 0.6 is 12.4 Å². The van der Waals surface area contributed by atoms with E-state index >= 15 is 0 Å². The minimum absolute atomic E-state index is 0. The third-order valence-electron chi connectivity index (χ3n) is 3.69. The molecule has 2 rings (SSSR count). The molecule has 1 heterocycles. The maximum atomic E-state index is 11.7. The zero-order chi connectivity index (χ0) is 14.9. The molecule has 6 heteroatoms. The van der Waals surface area contributed by atoms with Gasteiger partial charge in [-0.2, -0.15) is 0 Å². The summed E-state index contributed by atoms with van der Waals surface area (Å²) >= 11 is 0. The van der Waals surface area contributed by atoms with Crippen molar-refractivity contribution in [3.63, 3.8) is 0 Å². The highest BCUT2D eigenvalue weighted by atomic mass is 35.5. The summed E-state index contributed by atoms with van der Waals surface area (Å²) in [7, 11) is 1.63. The van der Waals surface area contributed by atoms with E-state index in [4.69, 9.17) is 9.47 Å². The Bertz CT molecular complexity index is 434. The molecule has 1 aliphatic heterocycles. The van der Waals surface area contributed by atoms with Crippen LogP contribution in [0.3, 0.4) is 0 Å². The van der Waals surface area contributed by atoms with Gasteiger partial charge in [0.2, 0.25) is 5.91 Å². The molecule has 124 valence electrons. The monoisotopic (exact) mass is 328 g/mol. The molecular weight excluding hydrogens is 304 g/mol. The summed E-state index contributed by atoms with van der Waals surface area (Å²) in [6.07, 6.45) is 2.76. The van der Waals surface area contributed by atoms with E-state index in [9.17, 15) is 4.79 Å². The lowest BCUT2D eigenvalue weighted by atomic mass is 10.0. The van der Waals surface area contributed by atoms with Crippen molar-refractivity contribution in [2.24, 2.45) is 5.92 Å². The van der Waals surface area contributed by atoms with Gasteiger partial charge in [0, 0.05) is 6.42 Å². The predicted molar refractivity (Wildman–Crippen MR) is 89.0 cm³/mol. The van der Waals surface area contributed by atoms with E-state index in [1.807, 2.05) is 24.3 Å². The molecule has 1 aromatic rings. The van der Waals surface area contributed by atoms with Crippen LogP contribution < -0.4 is 20.1 Å². The van der Waals surface area contributed by atoms with E-state index < -0.39 is 0 Å². The number of amides is 1. The molecule has 0 radical (unpaired) electrons. The lowest BCUT2D eigenvalue weighted by Gasteiger charge is -2.10. The molecule has 5 nitrogen and oxygen atoms in total. The van der Waals surface area contributed by atoms with Gasteiger partial charge in [0.05, 0.1) is 13.7 Å². The molecule has 1 atom stereocenters. The second kappa shape index (κ2) is 10.3. The lowest BCUT2D eigenvalue weighted by molar-refractivity contribution is -0.121. The quantitative estimate of drug-likeness (QED) is 0.717. The fourth-order valence-electron chi connectivity index (χ4n) is 2.42. The van der Waals surface area contributed by atoms with Crippen LogP contribution in [0.4, 0.5) is 0 Å². The number of hydrogen-bond donors (Lipinski definition) is 2. The summed E-state index contributed by atoms with van der Waals surface area (Å²) in [5, 5.41) is 6.20. The van der Waals surface area contributed by atoms with Crippen LogP contribution in [-0.4, -0.2) is 39.3 Å². The predicted octanol–water partition coefficient (Wildman–Crippen LogP) is 2.00. The molecule has 1 fully saturated rings. The zero-order valence-electron chi connectivity index (χ0n) is 13.0. The first kappa shape index (κ1) is 18.6. The minimum Gasteiger partial charge on any atom is -0.497 e. The van der Waals surface area contributed by atoms with Crippen LogP contribution in [-0.2, 0) is 4.79 Å². The van der Waals surface area contributed by atoms with Gasteiger partial charge in [-0.3, -0.25) is 4.79 Å². The molecule has 1 aromatic carbocycles. The Kier molecular flexibility index (Phi) is 8.70. The van der Waals surface area contributed by atoms with Crippen LogP contribution in [0.1, 0.15) is 19.3 Å². The number of rotatable bonds is 8. The second-order valence-electron chi connectivity index (χ2n) is 5.27. The van der Waals surface area contributed by atoms with E-state index in [0.29, 0.717) is 25.5 Å². The normalized spacial score (nSPS) is 16.7. The Morgan fingerprint density at radius 3 is 2.68 bits per heavy atom. The van der Waals surface area contributed by atoms with Gasteiger partial charge in [-0.05, 0) is 56.1 Å². The van der Waals surface area contributed by atoms with Crippen molar-refractivity contribution in [1.29, 1.82) is 0 Å². The molecule has 0 aliphatic carbocycles. The Balaban J connectivity index is 0.00000242. The fraction of sp³-hybridized carbons (Fsp3) is 0.562. The van der Waals surface area contributed by atoms with Gasteiger partial charge in [0.1, 0.15) is 18.1 Å². The van der Waals surface area contributed by atoms with Crippen LogP contribution in [0, 0.1) is 5.92 Å². The van der Waals surface area contributed by atoms with Gasteiger partial charge in [0.15, 0.2) is 0 Å². The second-order valence-corrected chi connectivity index (χ2v) is 5.27. The highest BCUT2D eigenvalue weighted by Crippen LogP contribution is 2.16. The van der Waals surface area contributed by atoms with Crippen LogP contribution in [0.15, 0.2) is 24.3 Å². The van der Waals surface area contributed by atoms with Gasteiger partial charge in [-0.25, -0.2) is 0 Å². The molecule has 0 spiro atoms. The number of carbonyl (C=O) groups is 1. The maximum absolute atomic E-state index is 11.7. The molecule has 1 unspecified atom stereocenters. The van der Waals surface area contributed by atoms with Gasteiger partial charge >= 0.3 is 0 Å². The van der Waals surface area contributed by atoms with Gasteiger partial charge in [-0.15, -0.1) is 12.4 Å². The Morgan fingerprint density at radius 2 is 2.05 bits per heavy atom. The Labute approximate surface area is 138 Å². The number of carbonyl (C=O) groups excluding carboxylic acids is 1. The van der Waals surface area contributed by atoms with Gasteiger partial charge in [0.25, 0.3) is 0 Å². The number of nitrogens with one attached hydrogen (secondary N) is 2. The topological polar surface area (TPSA) is 59.6 Å². The number of hydrogen-bond acceptors (Lipinski definition) is 4. The lowest BCUT2D eigenvalue weighted by Crippen LogP contribution is -2.28. The van der Waals surface area contributed by atoms with Crippen molar-refractivity contribution in [3.8, 4) is 11.5 Å². The van der Waals surface area contributed by atoms with Crippen molar-refractivity contribution in [3.05, 3.63) is 24.3 Å². The molecule has 2 N–H and O–H groups in total. The molecule has 0 aromatic heterocycles. The zero-order valence-corrected chi connectivity index (χ0v) is 13.8. The first-order valence-corrected chi connectivity index (χ1v) is 7.52. The number of methoxy groups -OCH3 is 1. The van der Waals surface area contributed by atoms with Crippen molar-refractivity contribution >= 4 is 18.3 Å². The third kappa shape index (κ3) is 6.54. The van der Waals surface area contributed by atoms with Gasteiger partial charge in [-0.1, -0.05) is 0 Å². The van der Waals surface area contributed by atoms with Crippen molar-refractivity contribution < 1.29 is 14.3 Å². The van der Waals surface area contributed by atoms with Crippen molar-refractivity contribution in [2.45, 2.75) is 19.3 Å². The van der Waals surface area contributed by atoms with E-state index in [1.165, 1.54) is 6.42 Å². The average Bonchev–Trinajstić information content (AvgIpc) is 3.03. The standard InChI is InChI=1S/C16H24N2O3.ClH/c1-20-14-3-5-15(6-4-14)21-11-10-18-16(19)7-2-13-8-9-17-12-13;/h3-6,13,17H,2,7-12H2,1H3,(H,18,19);1H. The number of benzene rings is 1. The van der Waals surface area contributed by atoms with Crippen LogP contribution in [0.5, 0.6) is 11.5 Å². The Hall–Kier alpha value is -1.46. The third-order valence-corrected chi connectivity index (χ3v) is 3.69. The molecule has 1 aliphatic rings. The molecule has 1 amide bonds. The highest BCUT2D eigenvalue weighted by Gasteiger charge is 2.15. The summed E-state index contributed by atoms with van der Waals surface area (Å²) in [4.78, 5) is 11.7. The maximum Gasteiger partial charge on any atom is 0.220 e. The summed E-state index contributed by atoms with van der Waals surface area (Å²) in [6, 6.07) is 7.41. The molecule has 0 saturated carbocycles. The highest BCUT2D eigenvalue weighted by molar-refractivity contribution is 5.85. The van der Waals surface area contributed by atoms with Crippen molar-refractivity contribution in [1.82, 2.24) is 10.6 Å². The van der Waals surface area contributed by atoms with Gasteiger partial charge < -0.3 is 20.1 Å². The summed E-state index contributed by atoms with van der Waals surface area (Å²) in [5.74, 6) is 2.35. The summed E-state index contributed by atoms with van der Waals surface area (Å²) in [6.45, 7) is 3.15. The van der Waals surface area contributed by atoms with E-state index in [1.54, 1.807) is 7.11 Å². The van der Waals surface area contributed by atoms with E-state index in [0.717, 1.165) is 31.0 Å². The van der Waals surface area contributed by atoms with Crippen LogP contribution in [0.25, 0.3) is 0 Å². The average molecular weight is 329 g/mol. The molecule has 0 bridgehead atoms. The largest absolute Gasteiger partial charge is 0.497 e. The smallest absolute Gasteiger partial charge is 0.220 e. The fourth-order valence-corrected chi connectivity index (χ4v) is 2.42. The summed E-state index contributed by atoms with van der Waals surface area (Å²) < 4.78 is 10.6. The van der Waals surface area contributed by atoms with Crippen molar-refractivity contribution in [2.75, 3.05) is 33.4 Å². The summed E-state index contributed by atoms with van der Waals surface area (Å²) in [5.41, 5.74) is 0. The minimum atomic E-state index is 0. The molecular formula is C16H25ClN2O3. The van der Waals surface area contributed by atoms with E-state index in [2.05, 4.69) is 10.6 Å². The Morgan fingerprint density at radius 1 is 1.32 bits per heavy atom. The SMILES string of the molecule is COc1ccc(OCCNC(=O)CCC2CCNC2)cc1.Cl. The van der Waals surface area contributed by atoms with E-state index in [-0.39, 0.29) is 18.3 Å². The molecule has 22 heavy (non-hydrogen) atoms. The molecule has 1 saturated heterocycles. The number of ether oxygens (including phenoxy) is 2. The first-order chi connectivity index (χ1) is 10.3.